The molecule has 0 aromatic carbocycles. The number of hydrogen-bond donors (Lipinski definition) is 1. The van der Waals surface area contributed by atoms with Crippen LogP contribution in [0.3, 0.4) is 0 Å². The van der Waals surface area contributed by atoms with Crippen LogP contribution in [0.4, 0.5) is 0 Å². The Morgan fingerprint density at radius 3 is 2.07 bits per heavy atom. The summed E-state index contributed by atoms with van der Waals surface area (Å²) in [6.45, 7) is 10.4. The molecule has 0 heterocycles. The topological polar surface area (TPSA) is 43.1 Å². The van der Waals surface area contributed by atoms with Gasteiger partial charge in [0.25, 0.3) is 0 Å². The lowest BCUT2D eigenvalue weighted by atomic mass is 9.76. The van der Waals surface area contributed by atoms with Crippen LogP contribution in [0.5, 0.6) is 0 Å². The number of carbonyl (C=O) groups excluding carboxylic acids is 1. The Bertz CT molecular complexity index is 196. The molecule has 0 saturated heterocycles. The van der Waals surface area contributed by atoms with E-state index in [1.165, 1.54) is 0 Å². The first-order valence-corrected chi connectivity index (χ1v) is 5.46. The maximum absolute atomic E-state index is 12.0. The molecule has 2 N–H and O–H groups in total. The van der Waals surface area contributed by atoms with Gasteiger partial charge in [0.1, 0.15) is 5.78 Å². The van der Waals surface area contributed by atoms with Crippen molar-refractivity contribution < 1.29 is 4.79 Å². The van der Waals surface area contributed by atoms with Crippen LogP contribution >= 0.6 is 0 Å². The standard InChI is InChI=1S/C12H23NO/c1-5-10(4)8-11(14)12(6-2,7-3)9-13/h4-9,13H2,1-3H3. The van der Waals surface area contributed by atoms with Crippen molar-refractivity contribution in [1.82, 2.24) is 0 Å². The second-order valence-corrected chi connectivity index (χ2v) is 3.90. The Kier molecular flexibility index (Phi) is 5.70. The fraction of sp³-hybridized carbons (Fsp3) is 0.750. The summed E-state index contributed by atoms with van der Waals surface area (Å²) in [6, 6.07) is 0. The summed E-state index contributed by atoms with van der Waals surface area (Å²) in [5, 5.41) is 0. The predicted octanol–water partition coefficient (Wildman–Crippen LogP) is 2.68. The normalized spacial score (nSPS) is 11.4. The average molecular weight is 197 g/mol. The van der Waals surface area contributed by atoms with Gasteiger partial charge in [-0.15, -0.1) is 0 Å². The summed E-state index contributed by atoms with van der Waals surface area (Å²) >= 11 is 0. The molecule has 0 fully saturated rings. The van der Waals surface area contributed by atoms with E-state index in [4.69, 9.17) is 5.73 Å². The Morgan fingerprint density at radius 2 is 1.79 bits per heavy atom. The second kappa shape index (κ2) is 5.97. The van der Waals surface area contributed by atoms with Gasteiger partial charge < -0.3 is 5.73 Å². The first-order chi connectivity index (χ1) is 6.56. The highest BCUT2D eigenvalue weighted by Gasteiger charge is 2.32. The van der Waals surface area contributed by atoms with Crippen LogP contribution in [0.2, 0.25) is 0 Å². The minimum Gasteiger partial charge on any atom is -0.329 e. The van der Waals surface area contributed by atoms with Crippen LogP contribution in [-0.4, -0.2) is 12.3 Å². The molecule has 2 heteroatoms. The highest BCUT2D eigenvalue weighted by molar-refractivity contribution is 5.86. The van der Waals surface area contributed by atoms with E-state index in [9.17, 15) is 4.79 Å². The third-order valence-electron chi connectivity index (χ3n) is 3.25. The van der Waals surface area contributed by atoms with Crippen molar-refractivity contribution in [2.45, 2.75) is 46.5 Å². The highest BCUT2D eigenvalue weighted by Crippen LogP contribution is 2.29. The van der Waals surface area contributed by atoms with Crippen molar-refractivity contribution in [2.24, 2.45) is 11.1 Å². The van der Waals surface area contributed by atoms with E-state index in [0.29, 0.717) is 13.0 Å². The van der Waals surface area contributed by atoms with Crippen molar-refractivity contribution in [3.63, 3.8) is 0 Å². The zero-order chi connectivity index (χ0) is 11.2. The van der Waals surface area contributed by atoms with E-state index in [2.05, 4.69) is 6.58 Å². The van der Waals surface area contributed by atoms with Gasteiger partial charge in [-0.2, -0.15) is 0 Å². The lowest BCUT2D eigenvalue weighted by Crippen LogP contribution is -2.37. The number of ketones is 1. The molecule has 0 aliphatic heterocycles. The number of allylic oxidation sites excluding steroid dienone is 1. The molecule has 0 rings (SSSR count). The van der Waals surface area contributed by atoms with E-state index in [1.54, 1.807) is 0 Å². The maximum atomic E-state index is 12.0. The maximum Gasteiger partial charge on any atom is 0.144 e. The van der Waals surface area contributed by atoms with Gasteiger partial charge >= 0.3 is 0 Å². The molecule has 0 unspecified atom stereocenters. The number of Topliss-reactive ketones (excluding diaryl/α,β-unsaturated/α-hetero) is 1. The Morgan fingerprint density at radius 1 is 1.29 bits per heavy atom. The molecule has 0 aliphatic rings. The third-order valence-corrected chi connectivity index (χ3v) is 3.25. The fourth-order valence-corrected chi connectivity index (χ4v) is 1.59. The quantitative estimate of drug-likeness (QED) is 0.638. The molecule has 0 bridgehead atoms. The number of rotatable bonds is 7. The minimum absolute atomic E-state index is 0.261. The Labute approximate surface area is 87.6 Å². The summed E-state index contributed by atoms with van der Waals surface area (Å²) in [4.78, 5) is 12.0. The van der Waals surface area contributed by atoms with Gasteiger partial charge in [0.2, 0.25) is 0 Å². The second-order valence-electron chi connectivity index (χ2n) is 3.90. The van der Waals surface area contributed by atoms with E-state index in [1.807, 2.05) is 20.8 Å². The van der Waals surface area contributed by atoms with Crippen LogP contribution in [0.15, 0.2) is 12.2 Å². The van der Waals surface area contributed by atoms with Gasteiger partial charge in [0.05, 0.1) is 0 Å². The smallest absolute Gasteiger partial charge is 0.144 e. The summed E-state index contributed by atoms with van der Waals surface area (Å²) in [5.74, 6) is 0.261. The molecule has 0 radical (unpaired) electrons. The molecular formula is C12H23NO. The van der Waals surface area contributed by atoms with Crippen LogP contribution in [0, 0.1) is 5.41 Å². The van der Waals surface area contributed by atoms with Crippen LogP contribution in [0.25, 0.3) is 0 Å². The van der Waals surface area contributed by atoms with E-state index in [0.717, 1.165) is 24.8 Å². The Hall–Kier alpha value is -0.630. The lowest BCUT2D eigenvalue weighted by Gasteiger charge is -2.28. The van der Waals surface area contributed by atoms with Gasteiger partial charge in [-0.05, 0) is 19.3 Å². The fourth-order valence-electron chi connectivity index (χ4n) is 1.59. The van der Waals surface area contributed by atoms with E-state index < -0.39 is 0 Å². The lowest BCUT2D eigenvalue weighted by molar-refractivity contribution is -0.128. The van der Waals surface area contributed by atoms with Crippen LogP contribution in [-0.2, 0) is 4.79 Å². The number of nitrogens with two attached hydrogens (primary N) is 1. The largest absolute Gasteiger partial charge is 0.329 e. The average Bonchev–Trinajstić information content (AvgIpc) is 2.21. The van der Waals surface area contributed by atoms with E-state index >= 15 is 0 Å². The van der Waals surface area contributed by atoms with Gasteiger partial charge in [-0.25, -0.2) is 0 Å². The molecule has 2 nitrogen and oxygen atoms in total. The van der Waals surface area contributed by atoms with Gasteiger partial charge in [-0.1, -0.05) is 32.9 Å². The summed E-state index contributed by atoms with van der Waals surface area (Å²) in [5.41, 5.74) is 6.40. The van der Waals surface area contributed by atoms with Crippen molar-refractivity contribution in [3.8, 4) is 0 Å². The molecular weight excluding hydrogens is 174 g/mol. The summed E-state index contributed by atoms with van der Waals surface area (Å²) in [7, 11) is 0. The molecule has 0 aromatic rings. The molecule has 0 saturated carbocycles. The molecule has 0 spiro atoms. The van der Waals surface area contributed by atoms with Crippen LogP contribution < -0.4 is 5.73 Å². The third kappa shape index (κ3) is 2.95. The molecule has 82 valence electrons. The van der Waals surface area contributed by atoms with Gasteiger partial charge in [0, 0.05) is 18.4 Å². The summed E-state index contributed by atoms with van der Waals surface area (Å²) < 4.78 is 0. The highest BCUT2D eigenvalue weighted by atomic mass is 16.1. The zero-order valence-electron chi connectivity index (χ0n) is 9.73. The van der Waals surface area contributed by atoms with Crippen molar-refractivity contribution in [3.05, 3.63) is 12.2 Å². The Balaban J connectivity index is 4.52. The molecule has 0 atom stereocenters. The monoisotopic (exact) mass is 197 g/mol. The number of hydrogen-bond acceptors (Lipinski definition) is 2. The molecule has 0 aliphatic carbocycles. The van der Waals surface area contributed by atoms with Gasteiger partial charge in [0.15, 0.2) is 0 Å². The summed E-state index contributed by atoms with van der Waals surface area (Å²) in [6.07, 6.45) is 3.03. The number of carbonyl (C=O) groups is 1. The molecule has 0 amide bonds. The predicted molar refractivity (Wildman–Crippen MR) is 61.1 cm³/mol. The van der Waals surface area contributed by atoms with Crippen LogP contribution in [0.1, 0.15) is 46.5 Å². The van der Waals surface area contributed by atoms with E-state index in [-0.39, 0.29) is 11.2 Å². The first kappa shape index (κ1) is 13.4. The first-order valence-electron chi connectivity index (χ1n) is 5.46. The van der Waals surface area contributed by atoms with Crippen molar-refractivity contribution in [2.75, 3.05) is 6.54 Å². The minimum atomic E-state index is -0.307. The molecule has 14 heavy (non-hydrogen) atoms. The zero-order valence-corrected chi connectivity index (χ0v) is 9.73. The van der Waals surface area contributed by atoms with Crippen molar-refractivity contribution in [1.29, 1.82) is 0 Å². The SMILES string of the molecule is C=C(CC)CC(=O)C(CC)(CC)CN. The van der Waals surface area contributed by atoms with Gasteiger partial charge in [-0.3, -0.25) is 4.79 Å². The molecule has 0 aromatic heterocycles. The van der Waals surface area contributed by atoms with Crippen molar-refractivity contribution >= 4 is 5.78 Å².